The lowest BCUT2D eigenvalue weighted by Gasteiger charge is -2.00. The lowest BCUT2D eigenvalue weighted by Crippen LogP contribution is -1.95. The molecular weight excluding hydrogens is 140 g/mol. The molecule has 0 unspecified atom stereocenters. The number of hydrogen-bond acceptors (Lipinski definition) is 1. The van der Waals surface area contributed by atoms with E-state index >= 15 is 0 Å². The number of hydrogen-bond donors (Lipinski definition) is 0. The Morgan fingerprint density at radius 1 is 1.00 bits per heavy atom. The first-order valence-electron chi connectivity index (χ1n) is 4.57. The molecule has 0 fully saturated rings. The molecule has 0 rings (SSSR count). The topological polar surface area (TPSA) is 29.1 Å². The van der Waals surface area contributed by atoms with E-state index in [-0.39, 0.29) is 6.61 Å². The molecule has 1 radical (unpaired) electrons. The van der Waals surface area contributed by atoms with E-state index in [1.807, 2.05) is 0 Å². The molecule has 0 heterocycles. The lowest BCUT2D eigenvalue weighted by molar-refractivity contribution is 0.129. The van der Waals surface area contributed by atoms with E-state index < -0.39 is 0 Å². The molecule has 0 aliphatic heterocycles. The maximum Gasteiger partial charge on any atom is 0.0822 e. The second-order valence-electron chi connectivity index (χ2n) is 2.73. The maximum atomic E-state index is 10.0. The molecule has 0 aromatic carbocycles. The molecule has 0 atom stereocenters. The van der Waals surface area contributed by atoms with Crippen molar-refractivity contribution in [2.75, 3.05) is 19.8 Å². The summed E-state index contributed by atoms with van der Waals surface area (Å²) in [5, 5.41) is 10.0. The molecule has 0 aliphatic rings. The third kappa shape index (κ3) is 9.92. The van der Waals surface area contributed by atoms with Gasteiger partial charge in [-0.05, 0) is 19.3 Å². The molecule has 0 saturated carbocycles. The summed E-state index contributed by atoms with van der Waals surface area (Å²) in [6.07, 6.45) is 5.25. The van der Waals surface area contributed by atoms with Crippen LogP contribution in [0.2, 0.25) is 0 Å². The molecular formula is C9H19O2. The van der Waals surface area contributed by atoms with Gasteiger partial charge in [0.2, 0.25) is 0 Å². The van der Waals surface area contributed by atoms with E-state index in [0.717, 1.165) is 45.3 Å². The van der Waals surface area contributed by atoms with Crippen LogP contribution in [0.25, 0.3) is 0 Å². The van der Waals surface area contributed by atoms with Crippen molar-refractivity contribution in [1.82, 2.24) is 0 Å². The van der Waals surface area contributed by atoms with E-state index in [2.05, 4.69) is 6.92 Å². The normalized spacial score (nSPS) is 10.4. The van der Waals surface area contributed by atoms with Crippen molar-refractivity contribution >= 4 is 0 Å². The van der Waals surface area contributed by atoms with Crippen molar-refractivity contribution < 1.29 is 9.84 Å². The summed E-state index contributed by atoms with van der Waals surface area (Å²) < 4.78 is 5.28. The fourth-order valence-electron chi connectivity index (χ4n) is 0.906. The Morgan fingerprint density at radius 3 is 2.36 bits per heavy atom. The van der Waals surface area contributed by atoms with E-state index in [4.69, 9.17) is 4.74 Å². The highest BCUT2D eigenvalue weighted by molar-refractivity contribution is 4.41. The third-order valence-corrected chi connectivity index (χ3v) is 1.53. The predicted octanol–water partition coefficient (Wildman–Crippen LogP) is 2.40. The molecule has 0 aromatic rings. The summed E-state index contributed by atoms with van der Waals surface area (Å²) in [6, 6.07) is 0. The quantitative estimate of drug-likeness (QED) is 0.500. The largest absolute Gasteiger partial charge is 0.381 e. The van der Waals surface area contributed by atoms with Crippen LogP contribution in [0, 0.1) is 0 Å². The first kappa shape index (κ1) is 10.9. The van der Waals surface area contributed by atoms with Crippen LogP contribution in [0.15, 0.2) is 0 Å². The molecule has 2 nitrogen and oxygen atoms in total. The Hall–Kier alpha value is -0.0800. The maximum absolute atomic E-state index is 10.0. The van der Waals surface area contributed by atoms with Crippen LogP contribution in [-0.4, -0.2) is 19.8 Å². The average Bonchev–Trinajstić information content (AvgIpc) is 2.03. The van der Waals surface area contributed by atoms with Crippen LogP contribution >= 0.6 is 0 Å². The monoisotopic (exact) mass is 159 g/mol. The van der Waals surface area contributed by atoms with Gasteiger partial charge in [-0.15, -0.1) is 0 Å². The van der Waals surface area contributed by atoms with E-state index in [0.29, 0.717) is 0 Å². The lowest BCUT2D eigenvalue weighted by atomic mass is 10.2. The first-order valence-corrected chi connectivity index (χ1v) is 4.57. The zero-order valence-corrected chi connectivity index (χ0v) is 7.47. The number of unbranched alkanes of at least 4 members (excludes halogenated alkanes) is 3. The minimum absolute atomic E-state index is 0.0792. The van der Waals surface area contributed by atoms with E-state index in [9.17, 15) is 5.11 Å². The Labute approximate surface area is 69.6 Å². The van der Waals surface area contributed by atoms with Crippen LogP contribution in [0.3, 0.4) is 0 Å². The molecule has 2 heteroatoms. The van der Waals surface area contributed by atoms with Crippen molar-refractivity contribution in [3.63, 3.8) is 0 Å². The van der Waals surface area contributed by atoms with E-state index in [1.54, 1.807) is 0 Å². The van der Waals surface area contributed by atoms with Gasteiger partial charge in [0.05, 0.1) is 6.61 Å². The molecule has 0 aliphatic carbocycles. The van der Waals surface area contributed by atoms with Crippen LogP contribution in [0.4, 0.5) is 0 Å². The minimum atomic E-state index is 0.0792. The molecule has 0 saturated heterocycles. The Kier molecular flexibility index (Phi) is 9.85. The molecule has 0 aromatic heterocycles. The van der Waals surface area contributed by atoms with Gasteiger partial charge >= 0.3 is 0 Å². The Morgan fingerprint density at radius 2 is 1.73 bits per heavy atom. The third-order valence-electron chi connectivity index (χ3n) is 1.53. The zero-order chi connectivity index (χ0) is 8.36. The van der Waals surface area contributed by atoms with Gasteiger partial charge < -0.3 is 4.74 Å². The summed E-state index contributed by atoms with van der Waals surface area (Å²) in [4.78, 5) is 0. The van der Waals surface area contributed by atoms with Crippen molar-refractivity contribution in [3.05, 3.63) is 0 Å². The fourth-order valence-corrected chi connectivity index (χ4v) is 0.906. The van der Waals surface area contributed by atoms with Crippen LogP contribution < -0.4 is 0 Å². The van der Waals surface area contributed by atoms with Gasteiger partial charge in [0.15, 0.2) is 0 Å². The van der Waals surface area contributed by atoms with Gasteiger partial charge in [0.1, 0.15) is 0 Å². The summed E-state index contributed by atoms with van der Waals surface area (Å²) in [5.74, 6) is 0. The van der Waals surface area contributed by atoms with Gasteiger partial charge in [0.25, 0.3) is 0 Å². The smallest absolute Gasteiger partial charge is 0.0822 e. The highest BCUT2D eigenvalue weighted by atomic mass is 16.5. The fraction of sp³-hybridized carbons (Fsp3) is 1.00. The van der Waals surface area contributed by atoms with Crippen molar-refractivity contribution in [1.29, 1.82) is 0 Å². The second-order valence-corrected chi connectivity index (χ2v) is 2.73. The summed E-state index contributed by atoms with van der Waals surface area (Å²) >= 11 is 0. The molecule has 11 heavy (non-hydrogen) atoms. The highest BCUT2D eigenvalue weighted by Crippen LogP contribution is 1.99. The minimum Gasteiger partial charge on any atom is -0.381 e. The molecule has 0 amide bonds. The number of ether oxygens (including phenoxy) is 1. The Balaban J connectivity index is 2.69. The van der Waals surface area contributed by atoms with Crippen LogP contribution in [0.1, 0.15) is 39.0 Å². The summed E-state index contributed by atoms with van der Waals surface area (Å²) in [5.41, 5.74) is 0. The Bertz CT molecular complexity index is 56.6. The summed E-state index contributed by atoms with van der Waals surface area (Å²) in [6.45, 7) is 3.93. The van der Waals surface area contributed by atoms with Crippen molar-refractivity contribution in [3.8, 4) is 0 Å². The van der Waals surface area contributed by atoms with Gasteiger partial charge in [-0.3, -0.25) is 0 Å². The average molecular weight is 159 g/mol. The predicted molar refractivity (Wildman–Crippen MR) is 45.1 cm³/mol. The van der Waals surface area contributed by atoms with Gasteiger partial charge in [-0.1, -0.05) is 19.8 Å². The van der Waals surface area contributed by atoms with Crippen LogP contribution in [0.5, 0.6) is 0 Å². The molecule has 0 spiro atoms. The van der Waals surface area contributed by atoms with Crippen molar-refractivity contribution in [2.24, 2.45) is 0 Å². The summed E-state index contributed by atoms with van der Waals surface area (Å²) in [7, 11) is 0. The highest BCUT2D eigenvalue weighted by Gasteiger charge is 1.89. The molecule has 0 N–H and O–H groups in total. The molecule has 0 bridgehead atoms. The first-order chi connectivity index (χ1) is 5.41. The van der Waals surface area contributed by atoms with Crippen molar-refractivity contribution in [2.45, 2.75) is 39.0 Å². The molecule has 67 valence electrons. The zero-order valence-electron chi connectivity index (χ0n) is 7.47. The van der Waals surface area contributed by atoms with Gasteiger partial charge in [0, 0.05) is 13.2 Å². The second kappa shape index (κ2) is 9.92. The van der Waals surface area contributed by atoms with E-state index in [1.165, 1.54) is 0 Å². The SMILES string of the molecule is CCCOCCCCCC[O]. The van der Waals surface area contributed by atoms with Crippen LogP contribution in [-0.2, 0) is 9.84 Å². The van der Waals surface area contributed by atoms with Gasteiger partial charge in [-0.2, -0.15) is 0 Å². The van der Waals surface area contributed by atoms with Gasteiger partial charge in [-0.25, -0.2) is 5.11 Å². The standard InChI is InChI=1S/C9H19O2/c1-2-8-11-9-6-4-3-5-7-10/h2-9H2,1H3. The number of rotatable bonds is 8.